The highest BCUT2D eigenvalue weighted by Crippen LogP contribution is 2.46. The third-order valence-electron chi connectivity index (χ3n) is 5.81. The molecule has 1 fully saturated rings. The first-order chi connectivity index (χ1) is 14.8. The maximum atomic E-state index is 12.6. The van der Waals surface area contributed by atoms with Crippen molar-refractivity contribution in [1.82, 2.24) is 14.8 Å². The highest BCUT2D eigenvalue weighted by Gasteiger charge is 2.35. The van der Waals surface area contributed by atoms with Crippen LogP contribution in [0.2, 0.25) is 0 Å². The Kier molecular flexibility index (Phi) is 4.66. The molecule has 1 aliphatic heterocycles. The van der Waals surface area contributed by atoms with E-state index in [-0.39, 0.29) is 17.5 Å². The van der Waals surface area contributed by atoms with Gasteiger partial charge >= 0.3 is 6.09 Å². The molecule has 2 aliphatic rings. The maximum absolute atomic E-state index is 12.6. The van der Waals surface area contributed by atoms with E-state index in [4.69, 9.17) is 10.00 Å². The van der Waals surface area contributed by atoms with Crippen LogP contribution in [0.5, 0.6) is 5.88 Å². The average Bonchev–Trinajstić information content (AvgIpc) is 3.14. The Labute approximate surface area is 174 Å². The van der Waals surface area contributed by atoms with Gasteiger partial charge in [-0.25, -0.2) is 9.78 Å². The lowest BCUT2D eigenvalue weighted by molar-refractivity contribution is 0.0973. The zero-order valence-corrected chi connectivity index (χ0v) is 16.4. The largest absolute Gasteiger partial charge is 0.416 e. The summed E-state index contributed by atoms with van der Waals surface area (Å²) in [6.07, 6.45) is 1.05. The fourth-order valence-electron chi connectivity index (χ4n) is 4.39. The van der Waals surface area contributed by atoms with Gasteiger partial charge in [0.25, 0.3) is 0 Å². The van der Waals surface area contributed by atoms with Crippen LogP contribution in [0.3, 0.4) is 0 Å². The number of carbonyl (C=O) groups excluding carboxylic acids is 1. The van der Waals surface area contributed by atoms with E-state index in [1.165, 1.54) is 28.5 Å². The van der Waals surface area contributed by atoms with Gasteiger partial charge in [0, 0.05) is 32.4 Å². The van der Waals surface area contributed by atoms with Gasteiger partial charge in [0.15, 0.2) is 0 Å². The summed E-state index contributed by atoms with van der Waals surface area (Å²) in [6, 6.07) is 22.5. The zero-order chi connectivity index (χ0) is 20.5. The van der Waals surface area contributed by atoms with E-state index in [1.54, 1.807) is 17.0 Å². The van der Waals surface area contributed by atoms with Gasteiger partial charge in [-0.3, -0.25) is 4.90 Å². The molecule has 0 bridgehead atoms. The SMILES string of the molecule is N#Cc1cccnc1OC(=O)N1CCN(C2c3ccccc3-c3ccccc32)CC1. The van der Waals surface area contributed by atoms with Crippen molar-refractivity contribution in [2.75, 3.05) is 26.2 Å². The van der Waals surface area contributed by atoms with Gasteiger partial charge in [0.05, 0.1) is 6.04 Å². The Morgan fingerprint density at radius 3 is 2.20 bits per heavy atom. The molecule has 0 spiro atoms. The van der Waals surface area contributed by atoms with Gasteiger partial charge in [-0.05, 0) is 34.4 Å². The van der Waals surface area contributed by atoms with Gasteiger partial charge in [0.1, 0.15) is 11.6 Å². The van der Waals surface area contributed by atoms with Crippen molar-refractivity contribution >= 4 is 6.09 Å². The third kappa shape index (κ3) is 3.10. The summed E-state index contributed by atoms with van der Waals surface area (Å²) >= 11 is 0. The molecular formula is C24H20N4O2. The van der Waals surface area contributed by atoms with Crippen LogP contribution in [-0.2, 0) is 0 Å². The highest BCUT2D eigenvalue weighted by molar-refractivity contribution is 5.78. The molecule has 148 valence electrons. The number of fused-ring (bicyclic) bond motifs is 3. The molecule has 1 amide bonds. The highest BCUT2D eigenvalue weighted by atomic mass is 16.6. The van der Waals surface area contributed by atoms with Crippen molar-refractivity contribution in [3.8, 4) is 23.1 Å². The van der Waals surface area contributed by atoms with Crippen LogP contribution in [0.4, 0.5) is 4.79 Å². The number of carbonyl (C=O) groups is 1. The number of benzene rings is 2. The molecule has 5 rings (SSSR count). The second kappa shape index (κ2) is 7.62. The summed E-state index contributed by atoms with van der Waals surface area (Å²) < 4.78 is 5.38. The Bertz CT molecular complexity index is 1100. The quantitative estimate of drug-likeness (QED) is 0.658. The molecule has 6 nitrogen and oxygen atoms in total. The number of pyridine rings is 1. The number of nitriles is 1. The van der Waals surface area contributed by atoms with E-state index in [2.05, 4.69) is 58.4 Å². The number of aromatic nitrogens is 1. The Hall–Kier alpha value is -3.69. The lowest BCUT2D eigenvalue weighted by Gasteiger charge is -2.38. The molecule has 1 saturated heterocycles. The molecule has 0 saturated carbocycles. The number of ether oxygens (including phenoxy) is 1. The van der Waals surface area contributed by atoms with Gasteiger partial charge in [-0.2, -0.15) is 5.26 Å². The molecule has 0 unspecified atom stereocenters. The molecule has 1 aromatic heterocycles. The summed E-state index contributed by atoms with van der Waals surface area (Å²) in [7, 11) is 0. The number of piperazine rings is 1. The molecular weight excluding hydrogens is 376 g/mol. The van der Waals surface area contributed by atoms with Crippen molar-refractivity contribution in [2.24, 2.45) is 0 Å². The number of hydrogen-bond donors (Lipinski definition) is 0. The fraction of sp³-hybridized carbons (Fsp3) is 0.208. The summed E-state index contributed by atoms with van der Waals surface area (Å²) in [6.45, 7) is 2.62. The van der Waals surface area contributed by atoms with Crippen LogP contribution in [0.1, 0.15) is 22.7 Å². The molecule has 1 aliphatic carbocycles. The predicted molar refractivity (Wildman–Crippen MR) is 112 cm³/mol. The normalized spacial score (nSPS) is 15.9. The lowest BCUT2D eigenvalue weighted by Crippen LogP contribution is -2.50. The van der Waals surface area contributed by atoms with E-state index in [1.807, 2.05) is 6.07 Å². The minimum absolute atomic E-state index is 0.0612. The van der Waals surface area contributed by atoms with Crippen molar-refractivity contribution in [3.05, 3.63) is 83.6 Å². The van der Waals surface area contributed by atoms with Crippen LogP contribution >= 0.6 is 0 Å². The van der Waals surface area contributed by atoms with E-state index in [0.29, 0.717) is 13.1 Å². The molecule has 30 heavy (non-hydrogen) atoms. The van der Waals surface area contributed by atoms with Crippen molar-refractivity contribution in [3.63, 3.8) is 0 Å². The van der Waals surface area contributed by atoms with Gasteiger partial charge < -0.3 is 9.64 Å². The smallest absolute Gasteiger partial charge is 0.390 e. The molecule has 0 radical (unpaired) electrons. The third-order valence-corrected chi connectivity index (χ3v) is 5.81. The van der Waals surface area contributed by atoms with Gasteiger partial charge in [-0.15, -0.1) is 0 Å². The number of nitrogens with zero attached hydrogens (tertiary/aromatic N) is 4. The zero-order valence-electron chi connectivity index (χ0n) is 16.4. The van der Waals surface area contributed by atoms with Crippen LogP contribution in [0.25, 0.3) is 11.1 Å². The van der Waals surface area contributed by atoms with Crippen molar-refractivity contribution < 1.29 is 9.53 Å². The first kappa shape index (κ1) is 18.3. The molecule has 2 heterocycles. The van der Waals surface area contributed by atoms with Crippen molar-refractivity contribution in [1.29, 1.82) is 5.26 Å². The second-order valence-corrected chi connectivity index (χ2v) is 7.44. The lowest BCUT2D eigenvalue weighted by atomic mass is 10.0. The summed E-state index contributed by atoms with van der Waals surface area (Å²) in [5.41, 5.74) is 5.48. The molecule has 0 atom stereocenters. The molecule has 0 N–H and O–H groups in total. The van der Waals surface area contributed by atoms with E-state index < -0.39 is 6.09 Å². The number of hydrogen-bond acceptors (Lipinski definition) is 5. The topological polar surface area (TPSA) is 69.5 Å². The molecule has 3 aromatic rings. The Morgan fingerprint density at radius 1 is 0.933 bits per heavy atom. The minimum atomic E-state index is -0.461. The van der Waals surface area contributed by atoms with Crippen LogP contribution in [0.15, 0.2) is 66.9 Å². The number of amides is 1. The molecule has 2 aromatic carbocycles. The Morgan fingerprint density at radius 2 is 1.57 bits per heavy atom. The van der Waals surface area contributed by atoms with E-state index in [0.717, 1.165) is 13.1 Å². The van der Waals surface area contributed by atoms with Crippen LogP contribution in [-0.4, -0.2) is 47.1 Å². The summed E-state index contributed by atoms with van der Waals surface area (Å²) in [4.78, 5) is 20.7. The minimum Gasteiger partial charge on any atom is -0.390 e. The average molecular weight is 396 g/mol. The van der Waals surface area contributed by atoms with Crippen LogP contribution in [0, 0.1) is 11.3 Å². The Balaban J connectivity index is 1.31. The standard InChI is InChI=1S/C24H20N4O2/c25-16-17-6-5-11-26-23(17)30-24(29)28-14-12-27(13-15-28)22-20-9-3-1-7-18(20)19-8-2-4-10-21(19)22/h1-11,22H,12-15H2. The fourth-order valence-corrected chi connectivity index (χ4v) is 4.39. The van der Waals surface area contributed by atoms with Gasteiger partial charge in [-0.1, -0.05) is 48.5 Å². The first-order valence-electron chi connectivity index (χ1n) is 10.0. The first-order valence-corrected chi connectivity index (χ1v) is 10.0. The monoisotopic (exact) mass is 396 g/mol. The second-order valence-electron chi connectivity index (χ2n) is 7.44. The summed E-state index contributed by atoms with van der Waals surface area (Å²) in [5.74, 6) is 0.0612. The van der Waals surface area contributed by atoms with Crippen LogP contribution < -0.4 is 4.74 Å². The van der Waals surface area contributed by atoms with Gasteiger partial charge in [0.2, 0.25) is 5.88 Å². The maximum Gasteiger partial charge on any atom is 0.416 e. The predicted octanol–water partition coefficient (Wildman–Crippen LogP) is 3.84. The van der Waals surface area contributed by atoms with Crippen molar-refractivity contribution in [2.45, 2.75) is 6.04 Å². The number of rotatable bonds is 2. The van der Waals surface area contributed by atoms with E-state index in [9.17, 15) is 4.79 Å². The van der Waals surface area contributed by atoms with E-state index >= 15 is 0 Å². The molecule has 6 heteroatoms. The summed E-state index contributed by atoms with van der Waals surface area (Å²) in [5, 5.41) is 9.16.